The molecule has 6 N–H and O–H groups in total. The van der Waals surface area contributed by atoms with Gasteiger partial charge in [-0.25, -0.2) is 28.8 Å². The van der Waals surface area contributed by atoms with E-state index in [0.717, 1.165) is 0 Å². The highest BCUT2D eigenvalue weighted by molar-refractivity contribution is 5.87. The van der Waals surface area contributed by atoms with Gasteiger partial charge in [0.05, 0.1) is 19.6 Å². The highest BCUT2D eigenvalue weighted by Gasteiger charge is 2.10. The Balaban J connectivity index is 4.53. The summed E-state index contributed by atoms with van der Waals surface area (Å²) >= 11 is 0. The summed E-state index contributed by atoms with van der Waals surface area (Å²) in [5, 5.41) is 15.7. The molecule has 0 aromatic heterocycles. The van der Waals surface area contributed by atoms with Crippen molar-refractivity contribution < 1.29 is 43.0 Å². The smallest absolute Gasteiger partial charge is 0.333 e. The van der Waals surface area contributed by atoms with Crippen LogP contribution in [0.5, 0.6) is 0 Å². The van der Waals surface area contributed by atoms with Crippen LogP contribution in [0.25, 0.3) is 0 Å². The van der Waals surface area contributed by atoms with Crippen LogP contribution in [0, 0.1) is 0 Å². The monoisotopic (exact) mass is 611 g/mol. The maximum absolute atomic E-state index is 12.0. The molecule has 6 amide bonds. The van der Waals surface area contributed by atoms with Crippen molar-refractivity contribution in [3.63, 3.8) is 0 Å². The normalized spacial score (nSPS) is 10.0. The van der Waals surface area contributed by atoms with Gasteiger partial charge in [-0.15, -0.1) is 0 Å². The van der Waals surface area contributed by atoms with Gasteiger partial charge in [-0.3, -0.25) is 4.90 Å². The summed E-state index contributed by atoms with van der Waals surface area (Å²) in [6.07, 6.45) is 0. The molecule has 242 valence electrons. The molecular formula is C27H45N7O9. The lowest BCUT2D eigenvalue weighted by atomic mass is 10.4. The van der Waals surface area contributed by atoms with Gasteiger partial charge >= 0.3 is 36.0 Å². The number of carbonyl (C=O) groups excluding carboxylic acids is 6. The summed E-state index contributed by atoms with van der Waals surface area (Å²) in [5.41, 5.74) is 0.782. The van der Waals surface area contributed by atoms with Crippen LogP contribution in [0.3, 0.4) is 0 Å². The second-order valence-electron chi connectivity index (χ2n) is 9.14. The van der Waals surface area contributed by atoms with Crippen LogP contribution in [0.2, 0.25) is 0 Å². The number of ether oxygens (including phenoxy) is 3. The number of esters is 3. The van der Waals surface area contributed by atoms with Gasteiger partial charge in [0.25, 0.3) is 0 Å². The van der Waals surface area contributed by atoms with Crippen molar-refractivity contribution in [2.75, 3.05) is 78.7 Å². The lowest BCUT2D eigenvalue weighted by Gasteiger charge is -2.23. The summed E-state index contributed by atoms with van der Waals surface area (Å²) in [6.45, 7) is 17.2. The van der Waals surface area contributed by atoms with Crippen molar-refractivity contribution in [2.45, 2.75) is 20.8 Å². The van der Waals surface area contributed by atoms with E-state index in [9.17, 15) is 28.8 Å². The molecule has 0 spiro atoms. The molecule has 0 aliphatic heterocycles. The second kappa shape index (κ2) is 23.0. The minimum Gasteiger partial charge on any atom is -0.460 e. The summed E-state index contributed by atoms with van der Waals surface area (Å²) in [5.74, 6) is -1.63. The Morgan fingerprint density at radius 3 is 0.930 bits per heavy atom. The van der Waals surface area contributed by atoms with Gasteiger partial charge < -0.3 is 46.1 Å². The van der Waals surface area contributed by atoms with E-state index >= 15 is 0 Å². The largest absolute Gasteiger partial charge is 0.460 e. The minimum atomic E-state index is -0.542. The first-order chi connectivity index (χ1) is 20.3. The van der Waals surface area contributed by atoms with Crippen molar-refractivity contribution in [1.29, 1.82) is 0 Å². The zero-order chi connectivity index (χ0) is 32.6. The van der Waals surface area contributed by atoms with Crippen molar-refractivity contribution in [2.24, 2.45) is 0 Å². The molecule has 0 atom stereocenters. The number of amides is 6. The van der Waals surface area contributed by atoms with E-state index in [1.165, 1.54) is 20.8 Å². The number of nitrogens with zero attached hydrogens (tertiary/aromatic N) is 1. The Kier molecular flexibility index (Phi) is 20.6. The van der Waals surface area contributed by atoms with Crippen LogP contribution >= 0.6 is 0 Å². The van der Waals surface area contributed by atoms with Gasteiger partial charge in [0.15, 0.2) is 0 Å². The molecule has 0 radical (unpaired) electrons. The van der Waals surface area contributed by atoms with Crippen LogP contribution in [0.4, 0.5) is 14.4 Å². The zero-order valence-corrected chi connectivity index (χ0v) is 25.2. The fraction of sp³-hybridized carbons (Fsp3) is 0.556. The molecule has 16 heteroatoms. The maximum Gasteiger partial charge on any atom is 0.333 e. The van der Waals surface area contributed by atoms with E-state index < -0.39 is 36.0 Å². The number of hydrogen-bond acceptors (Lipinski definition) is 10. The highest BCUT2D eigenvalue weighted by atomic mass is 16.5. The van der Waals surface area contributed by atoms with Crippen LogP contribution in [-0.4, -0.2) is 120 Å². The van der Waals surface area contributed by atoms with Gasteiger partial charge in [-0.2, -0.15) is 0 Å². The summed E-state index contributed by atoms with van der Waals surface area (Å²) in [4.78, 5) is 72.0. The zero-order valence-electron chi connectivity index (χ0n) is 25.2. The van der Waals surface area contributed by atoms with Gasteiger partial charge in [-0.1, -0.05) is 19.7 Å². The second-order valence-corrected chi connectivity index (χ2v) is 9.14. The quantitative estimate of drug-likeness (QED) is 0.0426. The molecule has 0 aromatic carbocycles. The van der Waals surface area contributed by atoms with E-state index in [-0.39, 0.29) is 75.8 Å². The molecular weight excluding hydrogens is 566 g/mol. The predicted molar refractivity (Wildman–Crippen MR) is 158 cm³/mol. The molecule has 0 saturated heterocycles. The first-order valence-electron chi connectivity index (χ1n) is 13.6. The number of urea groups is 3. The molecule has 0 aliphatic rings. The fourth-order valence-electron chi connectivity index (χ4n) is 2.80. The topological polar surface area (TPSA) is 206 Å². The van der Waals surface area contributed by atoms with Gasteiger partial charge in [0, 0.05) is 56.0 Å². The molecule has 0 rings (SSSR count). The fourth-order valence-corrected chi connectivity index (χ4v) is 2.80. The Morgan fingerprint density at radius 1 is 0.465 bits per heavy atom. The highest BCUT2D eigenvalue weighted by Crippen LogP contribution is 1.92. The third-order valence-electron chi connectivity index (χ3n) is 5.05. The molecule has 0 saturated carbocycles. The molecule has 0 unspecified atom stereocenters. The standard InChI is InChI=1S/C27H45N7O9/c1-19(2)22(35)41-16-10-31-25(38)28-7-13-34(14-8-29-26(39)32-11-17-42-23(36)20(3)4)15-9-30-27(40)33-12-18-43-24(37)21(5)6/h1,3,5,7-18H2,2,4,6H3,(H2,28,31,38)(H2,29,32,39)(H2,30,33,40). The number of hydrogen-bond donors (Lipinski definition) is 6. The Labute approximate surface area is 252 Å². The number of rotatable bonds is 21. The van der Waals surface area contributed by atoms with Crippen LogP contribution < -0.4 is 31.9 Å². The van der Waals surface area contributed by atoms with Crippen molar-refractivity contribution in [1.82, 2.24) is 36.8 Å². The van der Waals surface area contributed by atoms with Crippen LogP contribution in [0.15, 0.2) is 36.5 Å². The average Bonchev–Trinajstić information content (AvgIpc) is 2.94. The average molecular weight is 612 g/mol. The predicted octanol–water partition coefficient (Wildman–Crippen LogP) is -0.456. The molecule has 0 bridgehead atoms. The Morgan fingerprint density at radius 2 is 0.698 bits per heavy atom. The molecule has 43 heavy (non-hydrogen) atoms. The van der Waals surface area contributed by atoms with Crippen molar-refractivity contribution >= 4 is 36.0 Å². The van der Waals surface area contributed by atoms with Crippen molar-refractivity contribution in [3.8, 4) is 0 Å². The van der Waals surface area contributed by atoms with Crippen LogP contribution in [0.1, 0.15) is 20.8 Å². The first kappa shape index (κ1) is 38.4. The van der Waals surface area contributed by atoms with Gasteiger partial charge in [-0.05, 0) is 20.8 Å². The van der Waals surface area contributed by atoms with Crippen molar-refractivity contribution in [3.05, 3.63) is 36.5 Å². The minimum absolute atomic E-state index is 0.000630. The van der Waals surface area contributed by atoms with Gasteiger partial charge in [0.1, 0.15) is 19.8 Å². The molecule has 0 aliphatic carbocycles. The van der Waals surface area contributed by atoms with E-state index in [0.29, 0.717) is 19.6 Å². The van der Waals surface area contributed by atoms with E-state index in [1.807, 2.05) is 4.90 Å². The van der Waals surface area contributed by atoms with Crippen LogP contribution in [-0.2, 0) is 28.6 Å². The molecule has 0 heterocycles. The summed E-state index contributed by atoms with van der Waals surface area (Å²) in [7, 11) is 0. The summed E-state index contributed by atoms with van der Waals surface area (Å²) in [6, 6.07) is -1.37. The number of carbonyl (C=O) groups is 6. The molecule has 0 fully saturated rings. The molecule has 0 aromatic rings. The lowest BCUT2D eigenvalue weighted by molar-refractivity contribution is -0.139. The maximum atomic E-state index is 12.0. The van der Waals surface area contributed by atoms with E-state index in [1.54, 1.807) is 0 Å². The first-order valence-corrected chi connectivity index (χ1v) is 13.6. The summed E-state index contributed by atoms with van der Waals surface area (Å²) < 4.78 is 14.7. The Hall–Kier alpha value is -4.60. The third-order valence-corrected chi connectivity index (χ3v) is 5.05. The SMILES string of the molecule is C=C(C)C(=O)OCCNC(=O)NCCN(CCNC(=O)NCCOC(=O)C(=C)C)CCNC(=O)NCCOC(=O)C(=C)C. The lowest BCUT2D eigenvalue weighted by Crippen LogP contribution is -2.47. The molecule has 16 nitrogen and oxygen atoms in total. The van der Waals surface area contributed by atoms with E-state index in [4.69, 9.17) is 14.2 Å². The number of nitrogens with one attached hydrogen (secondary N) is 6. The third kappa shape index (κ3) is 21.8. The Bertz CT molecular complexity index is 878. The van der Waals surface area contributed by atoms with E-state index in [2.05, 4.69) is 51.6 Å². The van der Waals surface area contributed by atoms with Gasteiger partial charge in [0.2, 0.25) is 0 Å².